The molecular formula is C14H21FN4. The van der Waals surface area contributed by atoms with E-state index in [0.717, 1.165) is 26.1 Å². The van der Waals surface area contributed by atoms with Gasteiger partial charge in [-0.1, -0.05) is 13.8 Å². The summed E-state index contributed by atoms with van der Waals surface area (Å²) in [6.07, 6.45) is 3.14. The smallest absolute Gasteiger partial charge is 0.187 e. The summed E-state index contributed by atoms with van der Waals surface area (Å²) in [7, 11) is 0. The molecule has 0 bridgehead atoms. The van der Waals surface area contributed by atoms with Gasteiger partial charge >= 0.3 is 0 Å². The molecule has 104 valence electrons. The maximum Gasteiger partial charge on any atom is 0.187 e. The number of nitrogens with zero attached hydrogens (tertiary/aromatic N) is 3. The highest BCUT2D eigenvalue weighted by Crippen LogP contribution is 2.37. The Labute approximate surface area is 113 Å². The average molecular weight is 264 g/mol. The molecule has 1 aromatic heterocycles. The molecule has 2 fully saturated rings. The number of halogens is 1. The Morgan fingerprint density at radius 1 is 1.37 bits per heavy atom. The van der Waals surface area contributed by atoms with Crippen LogP contribution in [0.1, 0.15) is 26.0 Å². The van der Waals surface area contributed by atoms with E-state index in [4.69, 9.17) is 0 Å². The fraction of sp³-hybridized carbons (Fsp3) is 0.714. The third kappa shape index (κ3) is 2.00. The molecule has 3 heterocycles. The molecule has 2 aliphatic rings. The van der Waals surface area contributed by atoms with Gasteiger partial charge in [0.25, 0.3) is 0 Å². The summed E-state index contributed by atoms with van der Waals surface area (Å²) in [5.41, 5.74) is 0.523. The van der Waals surface area contributed by atoms with Crippen LogP contribution in [0, 0.1) is 17.7 Å². The molecule has 4 nitrogen and oxygen atoms in total. The molecule has 3 unspecified atom stereocenters. The molecule has 19 heavy (non-hydrogen) atoms. The van der Waals surface area contributed by atoms with Gasteiger partial charge in [-0.3, -0.25) is 0 Å². The number of aromatic nitrogens is 2. The first-order valence-electron chi connectivity index (χ1n) is 7.23. The van der Waals surface area contributed by atoms with E-state index in [1.54, 1.807) is 0 Å². The third-order valence-corrected chi connectivity index (χ3v) is 4.59. The lowest BCUT2D eigenvalue weighted by molar-refractivity contribution is 0.439. The van der Waals surface area contributed by atoms with Crippen LogP contribution in [0.2, 0.25) is 0 Å². The highest BCUT2D eigenvalue weighted by Gasteiger charge is 2.44. The lowest BCUT2D eigenvalue weighted by Crippen LogP contribution is -2.36. The fourth-order valence-electron chi connectivity index (χ4n) is 3.63. The Balaban J connectivity index is 1.94. The Morgan fingerprint density at radius 2 is 2.21 bits per heavy atom. The highest BCUT2D eigenvalue weighted by atomic mass is 19.1. The Bertz CT molecular complexity index is 465. The van der Waals surface area contributed by atoms with Crippen molar-refractivity contribution in [1.82, 2.24) is 15.3 Å². The van der Waals surface area contributed by atoms with E-state index >= 15 is 0 Å². The van der Waals surface area contributed by atoms with Crippen LogP contribution in [-0.2, 0) is 6.42 Å². The maximum atomic E-state index is 14.4. The zero-order valence-electron chi connectivity index (χ0n) is 11.6. The van der Waals surface area contributed by atoms with Crippen LogP contribution < -0.4 is 10.2 Å². The summed E-state index contributed by atoms with van der Waals surface area (Å²) in [5, 5.41) is 3.44. The minimum absolute atomic E-state index is 0.226. The molecule has 0 saturated carbocycles. The highest BCUT2D eigenvalue weighted by molar-refractivity contribution is 5.44. The van der Waals surface area contributed by atoms with Crippen molar-refractivity contribution in [2.75, 3.05) is 24.5 Å². The lowest BCUT2D eigenvalue weighted by atomic mass is 9.93. The van der Waals surface area contributed by atoms with E-state index in [0.29, 0.717) is 35.8 Å². The minimum atomic E-state index is -0.226. The normalized spacial score (nSPS) is 29.8. The summed E-state index contributed by atoms with van der Waals surface area (Å²) in [5.74, 6) is 1.54. The quantitative estimate of drug-likeness (QED) is 0.900. The van der Waals surface area contributed by atoms with E-state index < -0.39 is 0 Å². The zero-order valence-corrected chi connectivity index (χ0v) is 11.6. The summed E-state index contributed by atoms with van der Waals surface area (Å²) in [6.45, 7) is 7.11. The van der Waals surface area contributed by atoms with Crippen molar-refractivity contribution in [3.05, 3.63) is 17.8 Å². The predicted molar refractivity (Wildman–Crippen MR) is 72.6 cm³/mol. The fourth-order valence-corrected chi connectivity index (χ4v) is 3.63. The molecule has 0 amide bonds. The van der Waals surface area contributed by atoms with Crippen molar-refractivity contribution >= 4 is 5.82 Å². The largest absolute Gasteiger partial charge is 0.350 e. The number of rotatable bonds is 3. The molecule has 0 radical (unpaired) electrons. The van der Waals surface area contributed by atoms with Gasteiger partial charge in [0, 0.05) is 25.7 Å². The van der Waals surface area contributed by atoms with Gasteiger partial charge in [-0.15, -0.1) is 0 Å². The van der Waals surface area contributed by atoms with Crippen LogP contribution in [0.4, 0.5) is 10.2 Å². The molecule has 5 heteroatoms. The summed E-state index contributed by atoms with van der Waals surface area (Å²) < 4.78 is 14.4. The van der Waals surface area contributed by atoms with Gasteiger partial charge in [0.1, 0.15) is 6.33 Å². The molecule has 0 aromatic carbocycles. The van der Waals surface area contributed by atoms with Crippen molar-refractivity contribution in [2.24, 2.45) is 11.8 Å². The van der Waals surface area contributed by atoms with E-state index in [2.05, 4.69) is 27.1 Å². The predicted octanol–water partition coefficient (Wildman–Crippen LogP) is 1.61. The van der Waals surface area contributed by atoms with Crippen LogP contribution in [0.15, 0.2) is 6.33 Å². The molecule has 0 aliphatic carbocycles. The van der Waals surface area contributed by atoms with Crippen LogP contribution in [0.25, 0.3) is 0 Å². The van der Waals surface area contributed by atoms with Gasteiger partial charge in [0.05, 0.1) is 5.69 Å². The van der Waals surface area contributed by atoms with Gasteiger partial charge < -0.3 is 10.2 Å². The SMILES string of the molecule is CCc1ncnc(N2CC3CNCC3C2CC)c1F. The number of nitrogens with one attached hydrogen (secondary N) is 1. The van der Waals surface area contributed by atoms with E-state index in [1.807, 2.05) is 6.92 Å². The topological polar surface area (TPSA) is 41.1 Å². The summed E-state index contributed by atoms with van der Waals surface area (Å²) in [6, 6.07) is 0.397. The molecule has 1 aromatic rings. The molecule has 3 rings (SSSR count). The van der Waals surface area contributed by atoms with Crippen LogP contribution in [-0.4, -0.2) is 35.6 Å². The van der Waals surface area contributed by atoms with Crippen molar-refractivity contribution in [1.29, 1.82) is 0 Å². The second-order valence-corrected chi connectivity index (χ2v) is 5.52. The van der Waals surface area contributed by atoms with Crippen LogP contribution in [0.5, 0.6) is 0 Å². The summed E-state index contributed by atoms with van der Waals surface area (Å²) in [4.78, 5) is 10.4. The molecule has 2 aliphatic heterocycles. The Morgan fingerprint density at radius 3 is 2.95 bits per heavy atom. The van der Waals surface area contributed by atoms with Gasteiger partial charge in [0.2, 0.25) is 0 Å². The van der Waals surface area contributed by atoms with Crippen LogP contribution in [0.3, 0.4) is 0 Å². The monoisotopic (exact) mass is 264 g/mol. The summed E-state index contributed by atoms with van der Waals surface area (Å²) >= 11 is 0. The molecule has 0 spiro atoms. The molecule has 3 atom stereocenters. The number of hydrogen-bond donors (Lipinski definition) is 1. The van der Waals surface area contributed by atoms with E-state index in [-0.39, 0.29) is 5.82 Å². The Kier molecular flexibility index (Phi) is 3.39. The number of anilines is 1. The number of hydrogen-bond acceptors (Lipinski definition) is 4. The van der Waals surface area contributed by atoms with E-state index in [9.17, 15) is 4.39 Å². The number of aryl methyl sites for hydroxylation is 1. The van der Waals surface area contributed by atoms with Crippen molar-refractivity contribution in [3.63, 3.8) is 0 Å². The average Bonchev–Trinajstić information content (AvgIpc) is 2.99. The van der Waals surface area contributed by atoms with Gasteiger partial charge in [0.15, 0.2) is 11.6 Å². The standard InChI is InChI=1S/C14H21FN4/c1-3-11-13(15)14(18-8-17-11)19-7-9-5-16-6-10(9)12(19)4-2/h8-10,12,16H,3-7H2,1-2H3. The molecule has 2 saturated heterocycles. The van der Waals surface area contributed by atoms with Gasteiger partial charge in [-0.25, -0.2) is 14.4 Å². The third-order valence-electron chi connectivity index (χ3n) is 4.59. The maximum absolute atomic E-state index is 14.4. The first kappa shape index (κ1) is 12.8. The van der Waals surface area contributed by atoms with Gasteiger partial charge in [-0.2, -0.15) is 0 Å². The molecular weight excluding hydrogens is 243 g/mol. The first-order chi connectivity index (χ1) is 9.26. The lowest BCUT2D eigenvalue weighted by Gasteiger charge is -2.28. The second-order valence-electron chi connectivity index (χ2n) is 5.52. The van der Waals surface area contributed by atoms with Gasteiger partial charge in [-0.05, 0) is 24.7 Å². The second kappa shape index (κ2) is 5.04. The molecule has 1 N–H and O–H groups in total. The Hall–Kier alpha value is -1.23. The van der Waals surface area contributed by atoms with Crippen LogP contribution >= 0.6 is 0 Å². The minimum Gasteiger partial charge on any atom is -0.350 e. The van der Waals surface area contributed by atoms with Crippen molar-refractivity contribution in [3.8, 4) is 0 Å². The number of fused-ring (bicyclic) bond motifs is 1. The van der Waals surface area contributed by atoms with Crippen molar-refractivity contribution < 1.29 is 4.39 Å². The van der Waals surface area contributed by atoms with Crippen molar-refractivity contribution in [2.45, 2.75) is 32.7 Å². The van der Waals surface area contributed by atoms with E-state index in [1.165, 1.54) is 6.33 Å². The zero-order chi connectivity index (χ0) is 13.4. The first-order valence-corrected chi connectivity index (χ1v) is 7.23.